The molecule has 0 aliphatic rings. The van der Waals surface area contributed by atoms with Crippen LogP contribution in [0.5, 0.6) is 0 Å². The fourth-order valence-electron chi connectivity index (χ4n) is 1.52. The summed E-state index contributed by atoms with van der Waals surface area (Å²) in [4.78, 5) is 4.32. The lowest BCUT2D eigenvalue weighted by molar-refractivity contribution is -0.205. The van der Waals surface area contributed by atoms with Gasteiger partial charge in [-0.1, -0.05) is 56.2 Å². The Bertz CT molecular complexity index is 279. The predicted octanol–water partition coefficient (Wildman–Crippen LogP) is 3.36. The molecule has 130 valence electrons. The molecule has 0 aromatic heterocycles. The van der Waals surface area contributed by atoms with Crippen LogP contribution in [0.2, 0.25) is 0 Å². The smallest absolute Gasteiger partial charge is 0.397 e. The maximum absolute atomic E-state index is 11.0. The van der Waals surface area contributed by atoms with Crippen molar-refractivity contribution in [1.29, 1.82) is 0 Å². The summed E-state index contributed by atoms with van der Waals surface area (Å²) in [7, 11) is -3.97. The van der Waals surface area contributed by atoms with Gasteiger partial charge in [0.1, 0.15) is 0 Å². The average Bonchev–Trinajstić information content (AvgIpc) is 2.44. The summed E-state index contributed by atoms with van der Waals surface area (Å²) in [6.07, 6.45) is 9.16. The van der Waals surface area contributed by atoms with Crippen molar-refractivity contribution in [2.24, 2.45) is 0 Å². The van der Waals surface area contributed by atoms with E-state index in [-0.39, 0.29) is 19.8 Å². The lowest BCUT2D eigenvalue weighted by Gasteiger charge is -2.04. The lowest BCUT2D eigenvalue weighted by atomic mass is 10.1. The van der Waals surface area contributed by atoms with Gasteiger partial charge in [-0.25, -0.2) is 9.07 Å². The molecule has 0 radical (unpaired) electrons. The van der Waals surface area contributed by atoms with E-state index in [9.17, 15) is 8.42 Å². The van der Waals surface area contributed by atoms with Crippen molar-refractivity contribution < 1.29 is 26.9 Å². The van der Waals surface area contributed by atoms with Crippen LogP contribution in [0.3, 0.4) is 0 Å². The highest BCUT2D eigenvalue weighted by atomic mass is 32.3. The molecule has 7 heteroatoms. The summed E-state index contributed by atoms with van der Waals surface area (Å²) in [6, 6.07) is 0. The molecule has 0 aliphatic carbocycles. The van der Waals surface area contributed by atoms with Gasteiger partial charge < -0.3 is 5.11 Å². The Morgan fingerprint density at radius 3 is 1.81 bits per heavy atom. The maximum atomic E-state index is 11.0. The Labute approximate surface area is 130 Å². The van der Waals surface area contributed by atoms with Gasteiger partial charge in [0.2, 0.25) is 0 Å². The first kappa shape index (κ1) is 23.1. The van der Waals surface area contributed by atoms with E-state index in [0.29, 0.717) is 0 Å². The van der Waals surface area contributed by atoms with Crippen molar-refractivity contribution in [2.75, 3.05) is 19.8 Å². The van der Waals surface area contributed by atoms with E-state index >= 15 is 0 Å². The third kappa shape index (κ3) is 22.2. The van der Waals surface area contributed by atoms with Crippen molar-refractivity contribution in [3.05, 3.63) is 0 Å². The zero-order valence-electron chi connectivity index (χ0n) is 13.7. The molecule has 0 saturated heterocycles. The summed E-state index contributed by atoms with van der Waals surface area (Å²) in [5.41, 5.74) is 0. The molecular formula is C14H32O6S. The third-order valence-corrected chi connectivity index (χ3v) is 3.19. The molecule has 0 aromatic carbocycles. The van der Waals surface area contributed by atoms with Gasteiger partial charge in [-0.15, -0.1) is 0 Å². The standard InChI is InChI=1S/C12H26O5S.C2H6O/c1-3-5-6-7-8-9-10-11-12-16-18(13,14)17-15-4-2;1-2-3/h3-12H2,1-2H3;3H,2H2,1H3. The predicted molar refractivity (Wildman–Crippen MR) is 83.0 cm³/mol. The summed E-state index contributed by atoms with van der Waals surface area (Å²) in [5, 5.41) is 7.57. The van der Waals surface area contributed by atoms with Crippen LogP contribution in [0.15, 0.2) is 0 Å². The van der Waals surface area contributed by atoms with E-state index in [1.807, 2.05) is 0 Å². The fraction of sp³-hybridized carbons (Fsp3) is 1.00. The molecule has 0 atom stereocenters. The number of aliphatic hydroxyl groups is 1. The van der Waals surface area contributed by atoms with Gasteiger partial charge in [0, 0.05) is 6.61 Å². The highest BCUT2D eigenvalue weighted by Gasteiger charge is 2.12. The highest BCUT2D eigenvalue weighted by Crippen LogP contribution is 2.09. The van der Waals surface area contributed by atoms with E-state index in [1.165, 1.54) is 32.1 Å². The summed E-state index contributed by atoms with van der Waals surface area (Å²) >= 11 is 0. The molecule has 0 amide bonds. The number of aliphatic hydroxyl groups excluding tert-OH is 1. The fourth-order valence-corrected chi connectivity index (χ4v) is 2.10. The van der Waals surface area contributed by atoms with E-state index in [1.54, 1.807) is 13.8 Å². The van der Waals surface area contributed by atoms with Crippen molar-refractivity contribution in [3.63, 3.8) is 0 Å². The van der Waals surface area contributed by atoms with Crippen LogP contribution in [-0.4, -0.2) is 33.3 Å². The van der Waals surface area contributed by atoms with Gasteiger partial charge in [-0.3, -0.25) is 0 Å². The minimum absolute atomic E-state index is 0.157. The van der Waals surface area contributed by atoms with Crippen LogP contribution in [0, 0.1) is 0 Å². The second kappa shape index (κ2) is 17.8. The molecule has 6 nitrogen and oxygen atoms in total. The SMILES string of the molecule is CCCCCCCCCCOS(=O)(=O)OOCC.CCO. The minimum atomic E-state index is -3.97. The second-order valence-electron chi connectivity index (χ2n) is 4.50. The van der Waals surface area contributed by atoms with E-state index in [0.717, 1.165) is 19.3 Å². The van der Waals surface area contributed by atoms with Crippen LogP contribution in [0.1, 0.15) is 72.1 Å². The monoisotopic (exact) mass is 328 g/mol. The molecule has 0 fully saturated rings. The number of rotatable bonds is 13. The van der Waals surface area contributed by atoms with Crippen LogP contribution < -0.4 is 0 Å². The zero-order valence-corrected chi connectivity index (χ0v) is 14.5. The molecule has 0 aliphatic heterocycles. The number of hydrogen-bond donors (Lipinski definition) is 1. The number of unbranched alkanes of at least 4 members (excludes halogenated alkanes) is 7. The van der Waals surface area contributed by atoms with Gasteiger partial charge >= 0.3 is 10.4 Å². The Balaban J connectivity index is 0. The van der Waals surface area contributed by atoms with Gasteiger partial charge in [-0.05, 0) is 20.3 Å². The number of hydrogen-bond acceptors (Lipinski definition) is 6. The largest absolute Gasteiger partial charge is 0.426 e. The topological polar surface area (TPSA) is 82.1 Å². The van der Waals surface area contributed by atoms with Gasteiger partial charge in [0.15, 0.2) is 0 Å². The van der Waals surface area contributed by atoms with Crippen LogP contribution >= 0.6 is 0 Å². The van der Waals surface area contributed by atoms with Crippen LogP contribution in [0.4, 0.5) is 0 Å². The maximum Gasteiger partial charge on any atom is 0.426 e. The van der Waals surface area contributed by atoms with Crippen molar-refractivity contribution in [2.45, 2.75) is 72.1 Å². The lowest BCUT2D eigenvalue weighted by Crippen LogP contribution is -2.11. The average molecular weight is 328 g/mol. The molecule has 0 heterocycles. The summed E-state index contributed by atoms with van der Waals surface area (Å²) in [6.45, 7) is 6.08. The van der Waals surface area contributed by atoms with Gasteiger partial charge in [0.05, 0.1) is 13.2 Å². The van der Waals surface area contributed by atoms with Gasteiger partial charge in [0.25, 0.3) is 0 Å². The highest BCUT2D eigenvalue weighted by molar-refractivity contribution is 7.81. The Hall–Kier alpha value is -0.210. The summed E-state index contributed by atoms with van der Waals surface area (Å²) < 4.78 is 30.8. The Kier molecular flexibility index (Phi) is 19.6. The molecule has 0 spiro atoms. The van der Waals surface area contributed by atoms with Crippen LogP contribution in [-0.2, 0) is 23.8 Å². The molecular weight excluding hydrogens is 296 g/mol. The van der Waals surface area contributed by atoms with Gasteiger partial charge in [-0.2, -0.15) is 8.42 Å². The first-order valence-corrected chi connectivity index (χ1v) is 9.18. The molecule has 0 aromatic rings. The Morgan fingerprint density at radius 2 is 1.33 bits per heavy atom. The van der Waals surface area contributed by atoms with E-state index in [4.69, 9.17) is 5.11 Å². The van der Waals surface area contributed by atoms with Crippen molar-refractivity contribution >= 4 is 10.4 Å². The molecule has 0 bridgehead atoms. The van der Waals surface area contributed by atoms with Crippen LogP contribution in [0.25, 0.3) is 0 Å². The molecule has 0 unspecified atom stereocenters. The molecule has 0 saturated carbocycles. The Morgan fingerprint density at radius 1 is 0.857 bits per heavy atom. The van der Waals surface area contributed by atoms with Crippen molar-refractivity contribution in [3.8, 4) is 0 Å². The van der Waals surface area contributed by atoms with E-state index < -0.39 is 10.4 Å². The first-order valence-electron chi connectivity index (χ1n) is 7.85. The minimum Gasteiger partial charge on any atom is -0.397 e. The first-order chi connectivity index (χ1) is 10.0. The van der Waals surface area contributed by atoms with E-state index in [2.05, 4.69) is 20.3 Å². The van der Waals surface area contributed by atoms with Crippen molar-refractivity contribution in [1.82, 2.24) is 0 Å². The summed E-state index contributed by atoms with van der Waals surface area (Å²) in [5.74, 6) is 0. The second-order valence-corrected chi connectivity index (χ2v) is 5.68. The normalized spacial score (nSPS) is 11.0. The molecule has 0 rings (SSSR count). The molecule has 1 N–H and O–H groups in total. The quantitative estimate of drug-likeness (QED) is 0.317. The third-order valence-electron chi connectivity index (χ3n) is 2.47. The zero-order chi connectivity index (χ0) is 16.4. The molecule has 21 heavy (non-hydrogen) atoms.